The first-order chi connectivity index (χ1) is 9.40. The van der Waals surface area contributed by atoms with Gasteiger partial charge in [0.25, 0.3) is 0 Å². The molecule has 0 atom stereocenters. The number of carboxylic acids is 1. The molecular weight excluding hydrogens is 256 g/mol. The number of carbonyl (C=O) groups is 1. The predicted octanol–water partition coefficient (Wildman–Crippen LogP) is 2.99. The summed E-state index contributed by atoms with van der Waals surface area (Å²) in [6.07, 6.45) is 2.42. The maximum absolute atomic E-state index is 11.0. The van der Waals surface area contributed by atoms with Gasteiger partial charge in [-0.25, -0.2) is 0 Å². The number of hydrogen-bond acceptors (Lipinski definition) is 3. The van der Waals surface area contributed by atoms with Crippen LogP contribution in [-0.2, 0) is 10.2 Å². The maximum atomic E-state index is 11.0. The molecule has 1 spiro atoms. The van der Waals surface area contributed by atoms with Crippen LogP contribution in [0.1, 0.15) is 38.7 Å². The van der Waals surface area contributed by atoms with Gasteiger partial charge in [-0.15, -0.1) is 0 Å². The summed E-state index contributed by atoms with van der Waals surface area (Å²) in [7, 11) is 0. The summed E-state index contributed by atoms with van der Waals surface area (Å²) in [5.41, 5.74) is 0.762. The fourth-order valence-corrected chi connectivity index (χ4v) is 2.61. The molecule has 20 heavy (non-hydrogen) atoms. The highest BCUT2D eigenvalue weighted by molar-refractivity contribution is 5.69. The van der Waals surface area contributed by atoms with E-state index in [1.54, 1.807) is 0 Å². The molecule has 3 rings (SSSR count). The van der Waals surface area contributed by atoms with Crippen LogP contribution in [0.15, 0.2) is 18.2 Å². The average molecular weight is 276 g/mol. The molecule has 0 radical (unpaired) electrons. The van der Waals surface area contributed by atoms with Crippen molar-refractivity contribution >= 4 is 5.97 Å². The third kappa shape index (κ3) is 2.47. The van der Waals surface area contributed by atoms with E-state index in [1.165, 1.54) is 12.8 Å². The third-order valence-electron chi connectivity index (χ3n) is 4.34. The second-order valence-corrected chi connectivity index (χ2v) is 6.69. The average Bonchev–Trinajstić information content (AvgIpc) is 3.15. The molecule has 0 aromatic heterocycles. The van der Waals surface area contributed by atoms with E-state index in [1.807, 2.05) is 32.0 Å². The Morgan fingerprint density at radius 3 is 2.50 bits per heavy atom. The van der Waals surface area contributed by atoms with Crippen molar-refractivity contribution in [2.75, 3.05) is 13.2 Å². The zero-order chi connectivity index (χ0) is 14.4. The molecule has 1 aromatic rings. The van der Waals surface area contributed by atoms with Gasteiger partial charge in [-0.3, -0.25) is 4.79 Å². The first kappa shape index (κ1) is 13.3. The second-order valence-electron chi connectivity index (χ2n) is 6.69. The van der Waals surface area contributed by atoms with E-state index in [0.29, 0.717) is 6.61 Å². The summed E-state index contributed by atoms with van der Waals surface area (Å²) in [6, 6.07) is 5.77. The largest absolute Gasteiger partial charge is 0.489 e. The Morgan fingerprint density at radius 1 is 1.25 bits per heavy atom. The quantitative estimate of drug-likeness (QED) is 0.922. The zero-order valence-corrected chi connectivity index (χ0v) is 11.9. The van der Waals surface area contributed by atoms with Gasteiger partial charge in [0.15, 0.2) is 11.5 Å². The number of carboxylic acid groups (broad SMARTS) is 1. The van der Waals surface area contributed by atoms with Crippen molar-refractivity contribution in [1.29, 1.82) is 0 Å². The first-order valence-electron chi connectivity index (χ1n) is 7.02. The smallest absolute Gasteiger partial charge is 0.304 e. The first-order valence-corrected chi connectivity index (χ1v) is 7.02. The number of ether oxygens (including phenoxy) is 2. The van der Waals surface area contributed by atoms with Crippen LogP contribution in [0.2, 0.25) is 0 Å². The summed E-state index contributed by atoms with van der Waals surface area (Å²) in [5, 5.41) is 9.01. The van der Waals surface area contributed by atoms with Crippen LogP contribution in [0, 0.1) is 5.41 Å². The molecule has 108 valence electrons. The number of fused-ring (bicyclic) bond motifs is 1. The highest BCUT2D eigenvalue weighted by Crippen LogP contribution is 2.49. The van der Waals surface area contributed by atoms with E-state index >= 15 is 0 Å². The van der Waals surface area contributed by atoms with E-state index in [9.17, 15) is 4.79 Å². The van der Waals surface area contributed by atoms with E-state index in [-0.39, 0.29) is 11.8 Å². The Morgan fingerprint density at radius 2 is 1.90 bits per heavy atom. The predicted molar refractivity (Wildman–Crippen MR) is 74.4 cm³/mol. The summed E-state index contributed by atoms with van der Waals surface area (Å²) >= 11 is 0. The fraction of sp³-hybridized carbons (Fsp3) is 0.562. The second kappa shape index (κ2) is 4.40. The van der Waals surface area contributed by atoms with Crippen LogP contribution in [0.25, 0.3) is 0 Å². The lowest BCUT2D eigenvalue weighted by Gasteiger charge is -2.24. The molecule has 1 aliphatic carbocycles. The van der Waals surface area contributed by atoms with E-state index in [4.69, 9.17) is 14.6 Å². The molecule has 0 bridgehead atoms. The Hall–Kier alpha value is -1.71. The van der Waals surface area contributed by atoms with Crippen LogP contribution in [0.4, 0.5) is 0 Å². The van der Waals surface area contributed by atoms with E-state index in [0.717, 1.165) is 23.7 Å². The van der Waals surface area contributed by atoms with Crippen LogP contribution >= 0.6 is 0 Å². The van der Waals surface area contributed by atoms with E-state index in [2.05, 4.69) is 0 Å². The molecule has 0 unspecified atom stereocenters. The van der Waals surface area contributed by atoms with Crippen molar-refractivity contribution in [3.8, 4) is 11.5 Å². The normalized spacial score (nSPS) is 19.5. The van der Waals surface area contributed by atoms with E-state index < -0.39 is 11.4 Å². The Bertz CT molecular complexity index is 543. The Labute approximate surface area is 118 Å². The molecule has 1 aromatic carbocycles. The van der Waals surface area contributed by atoms with Gasteiger partial charge in [0, 0.05) is 10.8 Å². The van der Waals surface area contributed by atoms with Crippen molar-refractivity contribution in [3.63, 3.8) is 0 Å². The molecule has 1 N–H and O–H groups in total. The molecule has 1 aliphatic heterocycles. The van der Waals surface area contributed by atoms with Gasteiger partial charge < -0.3 is 14.6 Å². The van der Waals surface area contributed by atoms with Crippen molar-refractivity contribution < 1.29 is 19.4 Å². The molecular formula is C16H20O4. The fourth-order valence-electron chi connectivity index (χ4n) is 2.61. The van der Waals surface area contributed by atoms with Crippen LogP contribution in [0.3, 0.4) is 0 Å². The summed E-state index contributed by atoms with van der Waals surface area (Å²) in [4.78, 5) is 11.0. The standard InChI is InChI=1S/C16H20O4/c1-15(2,8-14(17)18)11-3-4-12-13(7-11)20-10-16(5-6-16)9-19-12/h3-4,7H,5-6,8-10H2,1-2H3,(H,17,18). The molecule has 4 heteroatoms. The number of hydrogen-bond donors (Lipinski definition) is 1. The van der Waals surface area contributed by atoms with Gasteiger partial charge in [-0.1, -0.05) is 19.9 Å². The maximum Gasteiger partial charge on any atom is 0.304 e. The minimum absolute atomic E-state index is 0.0938. The monoisotopic (exact) mass is 276 g/mol. The molecule has 0 saturated heterocycles. The lowest BCUT2D eigenvalue weighted by Crippen LogP contribution is -2.21. The Balaban J connectivity index is 1.86. The van der Waals surface area contributed by atoms with Gasteiger partial charge >= 0.3 is 5.97 Å². The number of aliphatic carboxylic acids is 1. The van der Waals surface area contributed by atoms with Crippen LogP contribution in [-0.4, -0.2) is 24.3 Å². The number of benzene rings is 1. The molecule has 1 saturated carbocycles. The van der Waals surface area contributed by atoms with Gasteiger partial charge in [0.1, 0.15) is 0 Å². The van der Waals surface area contributed by atoms with Crippen LogP contribution in [0.5, 0.6) is 11.5 Å². The van der Waals surface area contributed by atoms with Gasteiger partial charge in [-0.05, 0) is 30.5 Å². The highest BCUT2D eigenvalue weighted by atomic mass is 16.5. The van der Waals surface area contributed by atoms with Gasteiger partial charge in [0.2, 0.25) is 0 Å². The minimum atomic E-state index is -0.793. The minimum Gasteiger partial charge on any atom is -0.489 e. The molecule has 0 amide bonds. The lowest BCUT2D eigenvalue weighted by molar-refractivity contribution is -0.138. The van der Waals surface area contributed by atoms with Crippen molar-refractivity contribution in [2.24, 2.45) is 5.41 Å². The lowest BCUT2D eigenvalue weighted by atomic mass is 9.81. The summed E-state index contributed by atoms with van der Waals surface area (Å²) in [5.74, 6) is 0.715. The zero-order valence-electron chi connectivity index (χ0n) is 11.9. The Kier molecular flexibility index (Phi) is 2.92. The molecule has 1 heterocycles. The number of rotatable bonds is 3. The molecule has 2 aliphatic rings. The molecule has 1 fully saturated rings. The van der Waals surface area contributed by atoms with Crippen molar-refractivity contribution in [3.05, 3.63) is 23.8 Å². The topological polar surface area (TPSA) is 55.8 Å². The summed E-state index contributed by atoms with van der Waals surface area (Å²) < 4.78 is 11.7. The van der Waals surface area contributed by atoms with Crippen molar-refractivity contribution in [1.82, 2.24) is 0 Å². The molecule has 4 nitrogen and oxygen atoms in total. The van der Waals surface area contributed by atoms with Gasteiger partial charge in [-0.2, -0.15) is 0 Å². The summed E-state index contributed by atoms with van der Waals surface area (Å²) in [6.45, 7) is 5.28. The van der Waals surface area contributed by atoms with Crippen molar-refractivity contribution in [2.45, 2.75) is 38.5 Å². The van der Waals surface area contributed by atoms with Crippen LogP contribution < -0.4 is 9.47 Å². The third-order valence-corrected chi connectivity index (χ3v) is 4.34. The SMILES string of the molecule is CC(C)(CC(=O)O)c1ccc2c(c1)OCC1(CC1)CO2. The highest BCUT2D eigenvalue weighted by Gasteiger charge is 2.46. The van der Waals surface area contributed by atoms with Gasteiger partial charge in [0.05, 0.1) is 19.6 Å².